The lowest BCUT2D eigenvalue weighted by atomic mass is 9.98. The summed E-state index contributed by atoms with van der Waals surface area (Å²) in [6.07, 6.45) is 3.43. The van der Waals surface area contributed by atoms with Crippen molar-refractivity contribution < 1.29 is 32.7 Å². The van der Waals surface area contributed by atoms with Crippen molar-refractivity contribution in [3.8, 4) is 17.1 Å². The molecule has 0 saturated carbocycles. The summed E-state index contributed by atoms with van der Waals surface area (Å²) in [6, 6.07) is 20.5. The van der Waals surface area contributed by atoms with Crippen molar-refractivity contribution in [2.24, 2.45) is 10.9 Å². The fourth-order valence-electron chi connectivity index (χ4n) is 4.91. The normalized spacial score (nSPS) is 11.5. The Kier molecular flexibility index (Phi) is 8.64. The quantitative estimate of drug-likeness (QED) is 0.0713. The van der Waals surface area contributed by atoms with E-state index in [0.29, 0.717) is 35.8 Å². The van der Waals surface area contributed by atoms with Crippen LogP contribution in [0.1, 0.15) is 39.9 Å². The molecule has 0 amide bonds. The van der Waals surface area contributed by atoms with Crippen LogP contribution in [0.5, 0.6) is 6.01 Å². The lowest BCUT2D eigenvalue weighted by molar-refractivity contribution is 0.0444. The van der Waals surface area contributed by atoms with Gasteiger partial charge in [-0.3, -0.25) is 9.40 Å². The topological polar surface area (TPSA) is 179 Å². The van der Waals surface area contributed by atoms with Gasteiger partial charge in [0.2, 0.25) is 0 Å². The van der Waals surface area contributed by atoms with E-state index >= 15 is 0 Å². The molecule has 14 heteroatoms. The van der Waals surface area contributed by atoms with Gasteiger partial charge in [0.15, 0.2) is 24.0 Å². The van der Waals surface area contributed by atoms with E-state index in [4.69, 9.17) is 28.9 Å². The Morgan fingerprint density at radius 2 is 1.79 bits per heavy atom. The van der Waals surface area contributed by atoms with Gasteiger partial charge < -0.3 is 24.0 Å². The summed E-state index contributed by atoms with van der Waals surface area (Å²) in [7, 11) is 0. The number of amidine groups is 1. The maximum absolute atomic E-state index is 13.2. The number of hydrogen-bond acceptors (Lipinski definition) is 11. The van der Waals surface area contributed by atoms with E-state index in [0.717, 1.165) is 21.3 Å². The number of benzene rings is 3. The first-order chi connectivity index (χ1) is 22.8. The zero-order valence-electron chi connectivity index (χ0n) is 25.3. The number of nitrogens with zero attached hydrogens (tertiary/aromatic N) is 5. The Bertz CT molecular complexity index is 2140. The fraction of sp³-hybridized carbons (Fsp3) is 0.152. The van der Waals surface area contributed by atoms with Crippen LogP contribution in [0.15, 0.2) is 104 Å². The van der Waals surface area contributed by atoms with Crippen molar-refractivity contribution in [1.82, 2.24) is 19.1 Å². The molecule has 3 aromatic carbocycles. The molecule has 0 saturated heterocycles. The molecule has 3 aromatic heterocycles. The van der Waals surface area contributed by atoms with Gasteiger partial charge in [-0.15, -0.1) is 0 Å². The molecular formula is C33H28N6O8. The minimum absolute atomic E-state index is 0.0221. The maximum atomic E-state index is 13.2. The summed E-state index contributed by atoms with van der Waals surface area (Å²) in [5, 5.41) is 3.83. The fourth-order valence-corrected chi connectivity index (χ4v) is 4.91. The van der Waals surface area contributed by atoms with Crippen LogP contribution in [0.3, 0.4) is 0 Å². The van der Waals surface area contributed by atoms with Crippen molar-refractivity contribution in [3.05, 3.63) is 124 Å². The standard InChI is InChI=1S/C33H28N6O8/c1-3-43-31-36-26-10-6-9-25(30(40)44-18-27-20(2)45-33(42)46-27)28(26)39(31)17-21-11-13-22(14-12-21)23-7-4-5-8-24(23)29(34)37-47-32(41)38-16-15-35-19-38/h4-16,19H,3,17-18H2,1-2H3,(H2,34,37). The SMILES string of the molecule is CCOc1nc2cccc(C(=O)OCc3oc(=O)oc3C)c2n1Cc1ccc(-c2ccccc2/C(N)=N/OC(=O)n2ccnc2)cc1. The first-order valence-electron chi connectivity index (χ1n) is 14.4. The van der Waals surface area contributed by atoms with Gasteiger partial charge in [0.05, 0.1) is 29.7 Å². The number of fused-ring (bicyclic) bond motifs is 1. The minimum atomic E-state index is -0.867. The molecule has 0 aliphatic carbocycles. The van der Waals surface area contributed by atoms with Crippen LogP contribution in [0.4, 0.5) is 4.79 Å². The van der Waals surface area contributed by atoms with Crippen LogP contribution in [0.25, 0.3) is 22.2 Å². The number of aromatic nitrogens is 4. The average Bonchev–Trinajstić information content (AvgIpc) is 3.82. The monoisotopic (exact) mass is 636 g/mol. The number of hydrogen-bond donors (Lipinski definition) is 1. The Balaban J connectivity index is 1.26. The second kappa shape index (κ2) is 13.3. The van der Waals surface area contributed by atoms with E-state index in [1.54, 1.807) is 35.8 Å². The first-order valence-corrected chi connectivity index (χ1v) is 14.4. The van der Waals surface area contributed by atoms with E-state index in [-0.39, 0.29) is 29.5 Å². The molecule has 0 radical (unpaired) electrons. The number of rotatable bonds is 10. The molecule has 0 bridgehead atoms. The predicted octanol–water partition coefficient (Wildman–Crippen LogP) is 4.86. The highest BCUT2D eigenvalue weighted by atomic mass is 16.7. The van der Waals surface area contributed by atoms with Crippen molar-refractivity contribution >= 4 is 28.9 Å². The molecule has 0 fully saturated rings. The molecule has 0 aliphatic heterocycles. The minimum Gasteiger partial charge on any atom is -0.465 e. The smallest absolute Gasteiger partial charge is 0.465 e. The largest absolute Gasteiger partial charge is 0.519 e. The van der Waals surface area contributed by atoms with E-state index in [1.165, 1.54) is 18.7 Å². The van der Waals surface area contributed by atoms with E-state index in [9.17, 15) is 14.4 Å². The van der Waals surface area contributed by atoms with Gasteiger partial charge in [-0.05, 0) is 42.7 Å². The van der Waals surface area contributed by atoms with E-state index in [1.807, 2.05) is 49.4 Å². The summed E-state index contributed by atoms with van der Waals surface area (Å²) in [6.45, 7) is 3.80. The zero-order chi connectivity index (χ0) is 32.9. The zero-order valence-corrected chi connectivity index (χ0v) is 25.3. The third-order valence-corrected chi connectivity index (χ3v) is 7.14. The van der Waals surface area contributed by atoms with Gasteiger partial charge in [0.25, 0.3) is 6.01 Å². The van der Waals surface area contributed by atoms with Gasteiger partial charge in [-0.1, -0.05) is 59.8 Å². The molecule has 14 nitrogen and oxygen atoms in total. The number of imidazole rings is 2. The number of ether oxygens (including phenoxy) is 2. The van der Waals surface area contributed by atoms with Crippen LogP contribution < -0.4 is 16.3 Å². The molecule has 6 rings (SSSR count). The number of carbonyl (C=O) groups excluding carboxylic acids is 2. The Hall–Kier alpha value is -6.44. The predicted molar refractivity (Wildman–Crippen MR) is 168 cm³/mol. The summed E-state index contributed by atoms with van der Waals surface area (Å²) in [5.74, 6) is -1.11. The summed E-state index contributed by atoms with van der Waals surface area (Å²) < 4.78 is 24.1. The molecular weight excluding hydrogens is 608 g/mol. The third kappa shape index (κ3) is 6.51. The van der Waals surface area contributed by atoms with Crippen molar-refractivity contribution in [2.45, 2.75) is 27.0 Å². The van der Waals surface area contributed by atoms with E-state index in [2.05, 4.69) is 15.1 Å². The van der Waals surface area contributed by atoms with Gasteiger partial charge in [0.1, 0.15) is 6.33 Å². The summed E-state index contributed by atoms with van der Waals surface area (Å²) in [5.41, 5.74) is 10.6. The van der Waals surface area contributed by atoms with Crippen LogP contribution in [0, 0.1) is 6.92 Å². The van der Waals surface area contributed by atoms with Crippen LogP contribution in [-0.4, -0.2) is 43.6 Å². The van der Waals surface area contributed by atoms with Crippen molar-refractivity contribution in [2.75, 3.05) is 6.61 Å². The molecule has 47 heavy (non-hydrogen) atoms. The van der Waals surface area contributed by atoms with Crippen molar-refractivity contribution in [1.29, 1.82) is 0 Å². The van der Waals surface area contributed by atoms with Gasteiger partial charge >= 0.3 is 17.9 Å². The van der Waals surface area contributed by atoms with Gasteiger partial charge in [-0.2, -0.15) is 4.98 Å². The number of oxime groups is 1. The number of esters is 1. The number of carbonyl (C=O) groups is 2. The van der Waals surface area contributed by atoms with Gasteiger partial charge in [-0.25, -0.2) is 23.9 Å². The lowest BCUT2D eigenvalue weighted by Crippen LogP contribution is -2.17. The number of nitrogens with two attached hydrogens (primary N) is 1. The summed E-state index contributed by atoms with van der Waals surface area (Å²) >= 11 is 0. The number of para-hydroxylation sites is 1. The molecule has 0 spiro atoms. The molecule has 2 N–H and O–H groups in total. The third-order valence-electron chi connectivity index (χ3n) is 7.14. The molecule has 0 atom stereocenters. The average molecular weight is 637 g/mol. The molecule has 0 aliphatic rings. The molecule has 238 valence electrons. The summed E-state index contributed by atoms with van der Waals surface area (Å²) in [4.78, 5) is 50.2. The van der Waals surface area contributed by atoms with E-state index < -0.39 is 17.9 Å². The van der Waals surface area contributed by atoms with Crippen LogP contribution in [0.2, 0.25) is 0 Å². The first kappa shape index (κ1) is 30.6. The second-order valence-electron chi connectivity index (χ2n) is 10.1. The second-order valence-corrected chi connectivity index (χ2v) is 10.1. The molecule has 0 unspecified atom stereocenters. The van der Waals surface area contributed by atoms with Gasteiger partial charge in [0, 0.05) is 18.0 Å². The highest BCUT2D eigenvalue weighted by Crippen LogP contribution is 2.29. The molecule has 6 aromatic rings. The van der Waals surface area contributed by atoms with Crippen molar-refractivity contribution in [3.63, 3.8) is 0 Å². The Morgan fingerprint density at radius 3 is 2.51 bits per heavy atom. The Morgan fingerprint density at radius 1 is 1.00 bits per heavy atom. The molecule has 3 heterocycles. The highest BCUT2D eigenvalue weighted by Gasteiger charge is 2.22. The lowest BCUT2D eigenvalue weighted by Gasteiger charge is -2.13. The maximum Gasteiger partial charge on any atom is 0.519 e. The van der Waals surface area contributed by atoms with Crippen LogP contribution in [-0.2, 0) is 22.7 Å². The highest BCUT2D eigenvalue weighted by molar-refractivity contribution is 6.04. The van der Waals surface area contributed by atoms with Crippen LogP contribution >= 0.6 is 0 Å². The Labute approximate surface area is 266 Å². The number of aryl methyl sites for hydroxylation is 1.